The van der Waals surface area contributed by atoms with E-state index in [4.69, 9.17) is 9.84 Å². The third-order valence-corrected chi connectivity index (χ3v) is 2.73. The van der Waals surface area contributed by atoms with Gasteiger partial charge < -0.3 is 9.84 Å². The smallest absolute Gasteiger partial charge is 0.411 e. The molecule has 1 saturated heterocycles. The monoisotopic (exact) mass is 243 g/mol. The summed E-state index contributed by atoms with van der Waals surface area (Å²) in [6.45, 7) is 7.78. The van der Waals surface area contributed by atoms with Gasteiger partial charge in [-0.1, -0.05) is 6.92 Å². The third kappa shape index (κ3) is 3.91. The van der Waals surface area contributed by atoms with Crippen LogP contribution in [0.15, 0.2) is 0 Å². The van der Waals surface area contributed by atoms with Gasteiger partial charge in [-0.05, 0) is 39.5 Å². The minimum atomic E-state index is -0.956. The molecule has 1 aliphatic rings. The molecule has 1 N–H and O–H groups in total. The molecule has 1 rings (SSSR count). The van der Waals surface area contributed by atoms with Gasteiger partial charge in [-0.3, -0.25) is 4.90 Å². The first-order chi connectivity index (χ1) is 7.70. The molecule has 98 valence electrons. The van der Waals surface area contributed by atoms with Crippen LogP contribution < -0.4 is 0 Å². The Bertz CT molecular complexity index is 308. The number of hydrogen-bond acceptors (Lipinski definition) is 3. The first-order valence-corrected chi connectivity index (χ1v) is 5.93. The van der Waals surface area contributed by atoms with E-state index in [0.29, 0.717) is 18.9 Å². The summed E-state index contributed by atoms with van der Waals surface area (Å²) in [5.41, 5.74) is -0.596. The number of piperidine rings is 1. The van der Waals surface area contributed by atoms with Crippen LogP contribution in [-0.4, -0.2) is 40.3 Å². The molecule has 0 spiro atoms. The van der Waals surface area contributed by atoms with Crippen molar-refractivity contribution in [3.05, 3.63) is 0 Å². The maximum Gasteiger partial charge on any atom is 0.411 e. The number of amides is 1. The van der Waals surface area contributed by atoms with Gasteiger partial charge in [0.15, 0.2) is 0 Å². The summed E-state index contributed by atoms with van der Waals surface area (Å²) in [6, 6.07) is -0.749. The Balaban J connectivity index is 2.75. The first-order valence-electron chi connectivity index (χ1n) is 5.93. The highest BCUT2D eigenvalue weighted by Gasteiger charge is 2.36. The highest BCUT2D eigenvalue weighted by Crippen LogP contribution is 2.24. The average molecular weight is 243 g/mol. The van der Waals surface area contributed by atoms with Gasteiger partial charge >= 0.3 is 12.1 Å². The maximum atomic E-state index is 11.9. The lowest BCUT2D eigenvalue weighted by Gasteiger charge is -2.37. The number of aliphatic carboxylic acids is 1. The van der Waals surface area contributed by atoms with Crippen molar-refractivity contribution in [1.29, 1.82) is 0 Å². The van der Waals surface area contributed by atoms with Crippen LogP contribution in [0.4, 0.5) is 4.79 Å². The lowest BCUT2D eigenvalue weighted by molar-refractivity contribution is -0.144. The summed E-state index contributed by atoms with van der Waals surface area (Å²) in [5, 5.41) is 9.09. The highest BCUT2D eigenvalue weighted by molar-refractivity contribution is 5.80. The van der Waals surface area contributed by atoms with Crippen LogP contribution in [0.2, 0.25) is 0 Å². The van der Waals surface area contributed by atoms with Crippen molar-refractivity contribution in [3.63, 3.8) is 0 Å². The van der Waals surface area contributed by atoms with Crippen molar-refractivity contribution >= 4 is 12.1 Å². The number of likely N-dealkylation sites (tertiary alicyclic amines) is 1. The second-order valence-electron chi connectivity index (χ2n) is 5.67. The van der Waals surface area contributed by atoms with E-state index in [1.165, 1.54) is 4.90 Å². The standard InChI is InChI=1S/C12H21NO4/c1-8-5-6-9(10(14)15)13(7-8)11(16)17-12(2,3)4/h8-9H,5-7H2,1-4H3,(H,14,15)/t8-,9-/m1/s1. The number of rotatable bonds is 1. The van der Waals surface area contributed by atoms with Crippen LogP contribution in [0.3, 0.4) is 0 Å². The zero-order valence-electron chi connectivity index (χ0n) is 10.9. The fourth-order valence-electron chi connectivity index (χ4n) is 1.93. The molecule has 17 heavy (non-hydrogen) atoms. The van der Waals surface area contributed by atoms with Crippen molar-refractivity contribution in [1.82, 2.24) is 4.90 Å². The quantitative estimate of drug-likeness (QED) is 0.766. The van der Waals surface area contributed by atoms with E-state index in [0.717, 1.165) is 6.42 Å². The van der Waals surface area contributed by atoms with Gasteiger partial charge in [-0.25, -0.2) is 9.59 Å². The molecule has 2 atom stereocenters. The van der Waals surface area contributed by atoms with Crippen molar-refractivity contribution in [2.24, 2.45) is 5.92 Å². The molecular weight excluding hydrogens is 222 g/mol. The van der Waals surface area contributed by atoms with Crippen LogP contribution in [0.1, 0.15) is 40.5 Å². The number of ether oxygens (including phenoxy) is 1. The van der Waals surface area contributed by atoms with E-state index in [1.54, 1.807) is 20.8 Å². The van der Waals surface area contributed by atoms with E-state index in [1.807, 2.05) is 6.92 Å². The first kappa shape index (κ1) is 13.8. The number of carbonyl (C=O) groups excluding carboxylic acids is 1. The Morgan fingerprint density at radius 1 is 1.29 bits per heavy atom. The summed E-state index contributed by atoms with van der Waals surface area (Å²) >= 11 is 0. The zero-order chi connectivity index (χ0) is 13.2. The van der Waals surface area contributed by atoms with Crippen molar-refractivity contribution in [2.75, 3.05) is 6.54 Å². The zero-order valence-corrected chi connectivity index (χ0v) is 10.9. The normalized spacial score (nSPS) is 25.5. The molecule has 0 aromatic heterocycles. The van der Waals surface area contributed by atoms with Crippen molar-refractivity contribution < 1.29 is 19.4 Å². The summed E-state index contributed by atoms with van der Waals surface area (Å²) in [7, 11) is 0. The fourth-order valence-corrected chi connectivity index (χ4v) is 1.93. The Morgan fingerprint density at radius 3 is 2.35 bits per heavy atom. The molecule has 0 aromatic carbocycles. The molecule has 0 unspecified atom stereocenters. The van der Waals surface area contributed by atoms with Crippen molar-refractivity contribution in [3.8, 4) is 0 Å². The highest BCUT2D eigenvalue weighted by atomic mass is 16.6. The van der Waals surface area contributed by atoms with Gasteiger partial charge in [0.25, 0.3) is 0 Å². The molecule has 1 amide bonds. The van der Waals surface area contributed by atoms with E-state index in [-0.39, 0.29) is 0 Å². The number of carboxylic acid groups (broad SMARTS) is 1. The van der Waals surface area contributed by atoms with Crippen LogP contribution in [0, 0.1) is 5.92 Å². The lowest BCUT2D eigenvalue weighted by atomic mass is 9.94. The molecule has 0 aliphatic carbocycles. The molecule has 0 saturated carbocycles. The van der Waals surface area contributed by atoms with Crippen LogP contribution in [0.5, 0.6) is 0 Å². The SMILES string of the molecule is C[C@@H]1CC[C@H](C(=O)O)N(C(=O)OC(C)(C)C)C1. The summed E-state index contributed by atoms with van der Waals surface area (Å²) in [5.74, 6) is -0.638. The number of carbonyl (C=O) groups is 2. The Labute approximate surface area is 102 Å². The van der Waals surface area contributed by atoms with E-state index < -0.39 is 23.7 Å². The number of nitrogens with zero attached hydrogens (tertiary/aromatic N) is 1. The molecule has 0 radical (unpaired) electrons. The largest absolute Gasteiger partial charge is 0.480 e. The second-order valence-corrected chi connectivity index (χ2v) is 5.67. The van der Waals surface area contributed by atoms with E-state index in [9.17, 15) is 9.59 Å². The molecule has 5 nitrogen and oxygen atoms in total. The number of hydrogen-bond donors (Lipinski definition) is 1. The Kier molecular flexibility index (Phi) is 4.01. The van der Waals surface area contributed by atoms with Crippen LogP contribution >= 0.6 is 0 Å². The van der Waals surface area contributed by atoms with Crippen LogP contribution in [0.25, 0.3) is 0 Å². The van der Waals surface area contributed by atoms with Gasteiger partial charge in [-0.2, -0.15) is 0 Å². The van der Waals surface area contributed by atoms with Gasteiger partial charge in [0.2, 0.25) is 0 Å². The molecule has 1 fully saturated rings. The van der Waals surface area contributed by atoms with Gasteiger partial charge in [0, 0.05) is 6.54 Å². The molecular formula is C12H21NO4. The Hall–Kier alpha value is -1.26. The molecule has 5 heteroatoms. The summed E-state index contributed by atoms with van der Waals surface area (Å²) < 4.78 is 5.23. The molecule has 1 heterocycles. The fraction of sp³-hybridized carbons (Fsp3) is 0.833. The van der Waals surface area contributed by atoms with E-state index >= 15 is 0 Å². The average Bonchev–Trinajstić information content (AvgIpc) is 2.14. The molecule has 0 aromatic rings. The number of carboxylic acids is 1. The van der Waals surface area contributed by atoms with Gasteiger partial charge in [0.1, 0.15) is 11.6 Å². The molecule has 0 bridgehead atoms. The topological polar surface area (TPSA) is 66.8 Å². The Morgan fingerprint density at radius 2 is 1.88 bits per heavy atom. The second kappa shape index (κ2) is 4.94. The summed E-state index contributed by atoms with van der Waals surface area (Å²) in [4.78, 5) is 24.3. The lowest BCUT2D eigenvalue weighted by Crippen LogP contribution is -2.51. The summed E-state index contributed by atoms with van der Waals surface area (Å²) in [6.07, 6.45) is 0.794. The predicted molar refractivity (Wildman–Crippen MR) is 62.8 cm³/mol. The minimum Gasteiger partial charge on any atom is -0.480 e. The molecule has 1 aliphatic heterocycles. The van der Waals surface area contributed by atoms with Crippen LogP contribution in [-0.2, 0) is 9.53 Å². The maximum absolute atomic E-state index is 11.9. The van der Waals surface area contributed by atoms with Gasteiger partial charge in [-0.15, -0.1) is 0 Å². The minimum absolute atomic E-state index is 0.318. The van der Waals surface area contributed by atoms with Gasteiger partial charge in [0.05, 0.1) is 0 Å². The van der Waals surface area contributed by atoms with E-state index in [2.05, 4.69) is 0 Å². The third-order valence-electron chi connectivity index (χ3n) is 2.73. The predicted octanol–water partition coefficient (Wildman–Crippen LogP) is 2.11. The van der Waals surface area contributed by atoms with Crippen molar-refractivity contribution in [2.45, 2.75) is 52.2 Å².